The van der Waals surface area contributed by atoms with Crippen LogP contribution in [0.5, 0.6) is 0 Å². The van der Waals surface area contributed by atoms with Crippen LogP contribution in [-0.4, -0.2) is 36.9 Å². The number of nitrogens with one attached hydrogen (secondary N) is 1. The van der Waals surface area contributed by atoms with E-state index in [2.05, 4.69) is 4.72 Å². The molecule has 1 aliphatic heterocycles. The number of nitrogens with zero attached hydrogens (tertiary/aromatic N) is 2. The molecule has 0 bridgehead atoms. The minimum atomic E-state index is -3.79. The topological polar surface area (TPSA) is 102 Å². The van der Waals surface area contributed by atoms with Gasteiger partial charge in [-0.05, 0) is 37.0 Å². The van der Waals surface area contributed by atoms with Crippen LogP contribution in [0, 0.1) is 0 Å². The van der Waals surface area contributed by atoms with Crippen molar-refractivity contribution in [2.24, 2.45) is 0 Å². The highest BCUT2D eigenvalue weighted by Crippen LogP contribution is 2.19. The molecule has 9 heteroatoms. The Morgan fingerprint density at radius 1 is 1.03 bits per heavy atom. The first-order valence-electron chi connectivity index (χ1n) is 9.89. The predicted octanol–water partition coefficient (Wildman–Crippen LogP) is 2.09. The Labute approximate surface area is 174 Å². The molecule has 158 valence electrons. The number of hydrogen-bond acceptors (Lipinski definition) is 5. The van der Waals surface area contributed by atoms with Gasteiger partial charge < -0.3 is 9.32 Å². The van der Waals surface area contributed by atoms with E-state index in [1.165, 1.54) is 22.8 Å². The zero-order valence-electron chi connectivity index (χ0n) is 16.4. The number of oxazole rings is 1. The van der Waals surface area contributed by atoms with Gasteiger partial charge in [-0.3, -0.25) is 9.36 Å². The van der Waals surface area contributed by atoms with E-state index in [9.17, 15) is 18.0 Å². The average molecular weight is 429 g/mol. The van der Waals surface area contributed by atoms with E-state index in [4.69, 9.17) is 4.42 Å². The lowest BCUT2D eigenvalue weighted by atomic mass is 10.1. The van der Waals surface area contributed by atoms with Crippen LogP contribution < -0.4 is 10.5 Å². The number of piperidine rings is 1. The Morgan fingerprint density at radius 3 is 2.50 bits per heavy atom. The van der Waals surface area contributed by atoms with E-state index in [0.29, 0.717) is 18.6 Å². The molecule has 0 aliphatic carbocycles. The third kappa shape index (κ3) is 4.31. The first-order valence-corrected chi connectivity index (χ1v) is 11.4. The summed E-state index contributed by atoms with van der Waals surface area (Å²) in [5.74, 6) is -0.817. The van der Waals surface area contributed by atoms with E-state index in [1.54, 1.807) is 4.90 Å². The van der Waals surface area contributed by atoms with E-state index < -0.39 is 15.8 Å². The van der Waals surface area contributed by atoms with Crippen molar-refractivity contribution in [3.05, 3.63) is 64.6 Å². The first-order chi connectivity index (χ1) is 14.4. The van der Waals surface area contributed by atoms with E-state index >= 15 is 0 Å². The molecule has 1 amide bonds. The standard InChI is InChI=1S/C21H23N3O5S/c25-20(23-11-5-2-6-12-23)15-24-18-10-9-17(13-19(18)29-21(24)26)30(27,28)22-14-16-7-3-1-4-8-16/h1,3-4,7-10,13,22H,2,5-6,11-12,14-15H2. The van der Waals surface area contributed by atoms with Crippen LogP contribution in [0.2, 0.25) is 0 Å². The molecule has 1 aliphatic rings. The van der Waals surface area contributed by atoms with E-state index in [1.807, 2.05) is 30.3 Å². The van der Waals surface area contributed by atoms with Crippen molar-refractivity contribution >= 4 is 27.0 Å². The Hall–Kier alpha value is -2.91. The fourth-order valence-electron chi connectivity index (χ4n) is 3.60. The second-order valence-corrected chi connectivity index (χ2v) is 9.10. The molecule has 0 spiro atoms. The normalized spacial score (nSPS) is 14.9. The number of rotatable bonds is 6. The van der Waals surface area contributed by atoms with E-state index in [-0.39, 0.29) is 29.5 Å². The minimum Gasteiger partial charge on any atom is -0.408 e. The van der Waals surface area contributed by atoms with E-state index in [0.717, 1.165) is 24.8 Å². The van der Waals surface area contributed by atoms with Gasteiger partial charge in [0.05, 0.1) is 10.4 Å². The Balaban J connectivity index is 1.54. The molecule has 8 nitrogen and oxygen atoms in total. The average Bonchev–Trinajstić information content (AvgIpc) is 3.08. The summed E-state index contributed by atoms with van der Waals surface area (Å²) in [6.45, 7) is 1.42. The third-order valence-electron chi connectivity index (χ3n) is 5.26. The summed E-state index contributed by atoms with van der Waals surface area (Å²) in [6, 6.07) is 13.4. The van der Waals surface area contributed by atoms with Crippen LogP contribution in [0.1, 0.15) is 24.8 Å². The van der Waals surface area contributed by atoms with Crippen molar-refractivity contribution < 1.29 is 17.6 Å². The smallest absolute Gasteiger partial charge is 0.408 e. The Kier molecular flexibility index (Phi) is 5.74. The molecule has 3 aromatic rings. The van der Waals surface area contributed by atoms with Gasteiger partial charge in [0.2, 0.25) is 15.9 Å². The molecule has 0 atom stereocenters. The van der Waals surface area contributed by atoms with Crippen molar-refractivity contribution in [1.29, 1.82) is 0 Å². The van der Waals surface area contributed by atoms with Gasteiger partial charge in [-0.1, -0.05) is 30.3 Å². The van der Waals surface area contributed by atoms with Gasteiger partial charge in [-0.2, -0.15) is 0 Å². The summed E-state index contributed by atoms with van der Waals surface area (Å²) in [7, 11) is -3.79. The number of carbonyl (C=O) groups excluding carboxylic acids is 1. The lowest BCUT2D eigenvalue weighted by Gasteiger charge is -2.26. The maximum Gasteiger partial charge on any atom is 0.420 e. The molecule has 4 rings (SSSR count). The highest BCUT2D eigenvalue weighted by atomic mass is 32.2. The second kappa shape index (κ2) is 8.45. The number of likely N-dealkylation sites (tertiary alicyclic amines) is 1. The monoisotopic (exact) mass is 429 g/mol. The van der Waals surface area contributed by atoms with Gasteiger partial charge in [0.25, 0.3) is 0 Å². The highest BCUT2D eigenvalue weighted by Gasteiger charge is 2.21. The second-order valence-electron chi connectivity index (χ2n) is 7.34. The van der Waals surface area contributed by atoms with Crippen LogP contribution in [0.15, 0.2) is 62.6 Å². The molecule has 30 heavy (non-hydrogen) atoms. The van der Waals surface area contributed by atoms with Gasteiger partial charge in [0, 0.05) is 25.7 Å². The summed E-state index contributed by atoms with van der Waals surface area (Å²) in [4.78, 5) is 26.6. The number of amides is 1. The summed E-state index contributed by atoms with van der Waals surface area (Å²) >= 11 is 0. The minimum absolute atomic E-state index is 0.00538. The molecular formula is C21H23N3O5S. The number of benzene rings is 2. The summed E-state index contributed by atoms with van der Waals surface area (Å²) < 4.78 is 34.3. The van der Waals surface area contributed by atoms with Crippen molar-refractivity contribution in [2.75, 3.05) is 13.1 Å². The molecule has 1 N–H and O–H groups in total. The first kappa shape index (κ1) is 20.4. The maximum absolute atomic E-state index is 12.6. The highest BCUT2D eigenvalue weighted by molar-refractivity contribution is 7.89. The number of aromatic nitrogens is 1. The van der Waals surface area contributed by atoms with Gasteiger partial charge in [0.1, 0.15) is 6.54 Å². The molecule has 0 saturated carbocycles. The van der Waals surface area contributed by atoms with Crippen molar-refractivity contribution in [1.82, 2.24) is 14.2 Å². The molecule has 2 heterocycles. The number of hydrogen-bond donors (Lipinski definition) is 1. The molecular weight excluding hydrogens is 406 g/mol. The summed E-state index contributed by atoms with van der Waals surface area (Å²) in [6.07, 6.45) is 3.03. The lowest BCUT2D eigenvalue weighted by molar-refractivity contribution is -0.132. The summed E-state index contributed by atoms with van der Waals surface area (Å²) in [5, 5.41) is 0. The number of fused-ring (bicyclic) bond motifs is 1. The zero-order valence-corrected chi connectivity index (χ0v) is 17.2. The lowest BCUT2D eigenvalue weighted by Crippen LogP contribution is -2.39. The fraction of sp³-hybridized carbons (Fsp3) is 0.333. The quantitative estimate of drug-likeness (QED) is 0.647. The molecule has 2 aromatic carbocycles. The van der Waals surface area contributed by atoms with Gasteiger partial charge in [-0.25, -0.2) is 17.9 Å². The predicted molar refractivity (Wildman–Crippen MR) is 111 cm³/mol. The maximum atomic E-state index is 12.6. The molecule has 0 unspecified atom stereocenters. The SMILES string of the molecule is O=C(Cn1c(=O)oc2cc(S(=O)(=O)NCc3ccccc3)ccc21)N1CCCCC1. The number of sulfonamides is 1. The molecule has 1 fully saturated rings. The van der Waals surface area contributed by atoms with Crippen LogP contribution in [0.25, 0.3) is 11.1 Å². The van der Waals surface area contributed by atoms with Gasteiger partial charge in [-0.15, -0.1) is 0 Å². The van der Waals surface area contributed by atoms with Crippen LogP contribution in [-0.2, 0) is 27.9 Å². The van der Waals surface area contributed by atoms with Crippen molar-refractivity contribution in [2.45, 2.75) is 37.2 Å². The van der Waals surface area contributed by atoms with Gasteiger partial charge >= 0.3 is 5.76 Å². The van der Waals surface area contributed by atoms with Crippen LogP contribution in [0.3, 0.4) is 0 Å². The number of carbonyl (C=O) groups is 1. The molecule has 1 aromatic heterocycles. The van der Waals surface area contributed by atoms with Crippen molar-refractivity contribution in [3.8, 4) is 0 Å². The Bertz CT molecular complexity index is 1210. The zero-order chi connectivity index (χ0) is 21.1. The Morgan fingerprint density at radius 2 is 1.77 bits per heavy atom. The third-order valence-corrected chi connectivity index (χ3v) is 6.66. The fourth-order valence-corrected chi connectivity index (χ4v) is 4.63. The molecule has 1 saturated heterocycles. The molecule has 0 radical (unpaired) electrons. The largest absolute Gasteiger partial charge is 0.420 e. The van der Waals surface area contributed by atoms with Gasteiger partial charge in [0.15, 0.2) is 5.58 Å². The van der Waals surface area contributed by atoms with Crippen LogP contribution >= 0.6 is 0 Å². The summed E-state index contributed by atoms with van der Waals surface area (Å²) in [5.41, 5.74) is 1.36. The van der Waals surface area contributed by atoms with Crippen molar-refractivity contribution in [3.63, 3.8) is 0 Å². The van der Waals surface area contributed by atoms with Crippen LogP contribution in [0.4, 0.5) is 0 Å².